The SMILES string of the molecule is CC(C)CCN1/C(=C/C=C2\CCCC(/C=C/C3=[N+](CCC(C)C)C4CCC5CCCCC5C4C3(C)C)=C2Cl)C(C)(C)C2C3CCCCC3CCC21. The van der Waals surface area contributed by atoms with Gasteiger partial charge in [0.25, 0.3) is 0 Å². The topological polar surface area (TPSA) is 6.25 Å². The van der Waals surface area contributed by atoms with E-state index in [1.54, 1.807) is 11.4 Å². The molecule has 51 heavy (non-hydrogen) atoms. The van der Waals surface area contributed by atoms with Crippen LogP contribution in [-0.2, 0) is 0 Å². The summed E-state index contributed by atoms with van der Waals surface area (Å²) in [6.07, 6.45) is 33.4. The molecule has 2 nitrogen and oxygen atoms in total. The number of likely N-dealkylation sites (tertiary alicyclic amines) is 1. The average Bonchev–Trinajstić information content (AvgIpc) is 3.46. The van der Waals surface area contributed by atoms with Crippen LogP contribution in [0.2, 0.25) is 0 Å². The summed E-state index contributed by atoms with van der Waals surface area (Å²) >= 11 is 7.46. The van der Waals surface area contributed by atoms with Gasteiger partial charge in [-0.25, -0.2) is 4.58 Å². The first-order valence-corrected chi connectivity index (χ1v) is 22.7. The zero-order chi connectivity index (χ0) is 36.1. The highest BCUT2D eigenvalue weighted by Gasteiger charge is 2.60. The van der Waals surface area contributed by atoms with Gasteiger partial charge in [-0.2, -0.15) is 0 Å². The molecule has 284 valence electrons. The summed E-state index contributed by atoms with van der Waals surface area (Å²) in [6, 6.07) is 1.44. The summed E-state index contributed by atoms with van der Waals surface area (Å²) in [5, 5.41) is 1.04. The van der Waals surface area contributed by atoms with Crippen LogP contribution in [0.4, 0.5) is 0 Å². The van der Waals surface area contributed by atoms with Crippen molar-refractivity contribution in [1.29, 1.82) is 0 Å². The van der Waals surface area contributed by atoms with E-state index in [1.807, 2.05) is 0 Å². The second kappa shape index (κ2) is 15.5. The third-order valence-corrected chi connectivity index (χ3v) is 16.5. The lowest BCUT2D eigenvalue weighted by molar-refractivity contribution is -0.570. The van der Waals surface area contributed by atoms with Crippen molar-refractivity contribution < 1.29 is 4.58 Å². The Bertz CT molecular complexity index is 1420. The molecule has 0 spiro atoms. The monoisotopic (exact) mass is 716 g/mol. The molecule has 5 aliphatic carbocycles. The van der Waals surface area contributed by atoms with E-state index in [2.05, 4.69) is 89.2 Å². The molecule has 8 atom stereocenters. The van der Waals surface area contributed by atoms with E-state index in [4.69, 9.17) is 11.6 Å². The van der Waals surface area contributed by atoms with E-state index in [-0.39, 0.29) is 10.8 Å². The summed E-state index contributed by atoms with van der Waals surface area (Å²) in [5.74, 6) is 6.81. The third kappa shape index (κ3) is 7.30. The largest absolute Gasteiger partial charge is 0.371 e. The maximum atomic E-state index is 7.46. The lowest BCUT2D eigenvalue weighted by Gasteiger charge is -2.47. The molecular formula is C48H76ClN2+. The first-order chi connectivity index (χ1) is 24.4. The van der Waals surface area contributed by atoms with Gasteiger partial charge in [-0.1, -0.05) is 104 Å². The minimum atomic E-state index is 0.214. The Hall–Kier alpha value is -1.28. The fourth-order valence-corrected chi connectivity index (χ4v) is 13.9. The lowest BCUT2D eigenvalue weighted by Crippen LogP contribution is -2.46. The number of fused-ring (bicyclic) bond motifs is 6. The Morgan fingerprint density at radius 2 is 1.35 bits per heavy atom. The van der Waals surface area contributed by atoms with Gasteiger partial charge in [-0.05, 0) is 130 Å². The zero-order valence-electron chi connectivity index (χ0n) is 34.3. The van der Waals surface area contributed by atoms with Crippen LogP contribution in [0.15, 0.2) is 46.2 Å². The van der Waals surface area contributed by atoms with Crippen LogP contribution in [0.1, 0.15) is 165 Å². The van der Waals surface area contributed by atoms with E-state index in [9.17, 15) is 0 Å². The summed E-state index contributed by atoms with van der Waals surface area (Å²) in [6.45, 7) is 22.4. The Morgan fingerprint density at radius 1 is 0.706 bits per heavy atom. The van der Waals surface area contributed by atoms with Crippen LogP contribution in [0, 0.1) is 58.2 Å². The van der Waals surface area contributed by atoms with Crippen LogP contribution in [0.5, 0.6) is 0 Å². The normalized spacial score (nSPS) is 37.9. The maximum absolute atomic E-state index is 7.46. The second-order valence-corrected chi connectivity index (χ2v) is 21.0. The maximum Gasteiger partial charge on any atom is 0.182 e. The fraction of sp³-hybridized carbons (Fsp3) is 0.812. The summed E-state index contributed by atoms with van der Waals surface area (Å²) < 4.78 is 2.91. The molecule has 8 unspecified atom stereocenters. The van der Waals surface area contributed by atoms with Crippen LogP contribution < -0.4 is 0 Å². The molecule has 0 radical (unpaired) electrons. The van der Waals surface area contributed by atoms with E-state index < -0.39 is 0 Å². The molecule has 1 saturated heterocycles. The fourth-order valence-electron chi connectivity index (χ4n) is 13.6. The molecule has 7 rings (SSSR count). The predicted molar refractivity (Wildman–Crippen MR) is 219 cm³/mol. The van der Waals surface area contributed by atoms with Gasteiger partial charge in [0, 0.05) is 53.6 Å². The molecular weight excluding hydrogens is 640 g/mol. The van der Waals surface area contributed by atoms with Gasteiger partial charge in [0.1, 0.15) is 6.54 Å². The van der Waals surface area contributed by atoms with Crippen molar-refractivity contribution in [1.82, 2.24) is 4.90 Å². The van der Waals surface area contributed by atoms with E-state index >= 15 is 0 Å². The van der Waals surface area contributed by atoms with Crippen molar-refractivity contribution in [2.75, 3.05) is 13.1 Å². The molecule has 0 bridgehead atoms. The van der Waals surface area contributed by atoms with Gasteiger partial charge >= 0.3 is 0 Å². The third-order valence-electron chi connectivity index (χ3n) is 16.0. The van der Waals surface area contributed by atoms with Crippen molar-refractivity contribution in [3.05, 3.63) is 46.2 Å². The second-order valence-electron chi connectivity index (χ2n) is 20.6. The number of allylic oxidation sites excluding steroid dienone is 8. The Morgan fingerprint density at radius 3 is 2.04 bits per heavy atom. The number of hydrogen-bond donors (Lipinski definition) is 0. The van der Waals surface area contributed by atoms with Crippen LogP contribution in [0.3, 0.4) is 0 Å². The van der Waals surface area contributed by atoms with Crippen molar-refractivity contribution >= 4 is 17.3 Å². The quantitative estimate of drug-likeness (QED) is 0.215. The number of hydrogen-bond acceptors (Lipinski definition) is 1. The smallest absolute Gasteiger partial charge is 0.182 e. The zero-order valence-corrected chi connectivity index (χ0v) is 35.0. The summed E-state index contributed by atoms with van der Waals surface area (Å²) in [4.78, 5) is 2.91. The Kier molecular flexibility index (Phi) is 11.5. The van der Waals surface area contributed by atoms with Crippen molar-refractivity contribution in [3.63, 3.8) is 0 Å². The molecule has 7 aliphatic rings. The van der Waals surface area contributed by atoms with Crippen LogP contribution >= 0.6 is 11.6 Å². The first-order valence-electron chi connectivity index (χ1n) is 22.3. The van der Waals surface area contributed by atoms with Crippen molar-refractivity contribution in [2.45, 2.75) is 177 Å². The van der Waals surface area contributed by atoms with E-state index in [1.165, 1.54) is 121 Å². The lowest BCUT2D eigenvalue weighted by atomic mass is 9.57. The molecule has 0 amide bonds. The van der Waals surface area contributed by atoms with Gasteiger partial charge in [0.15, 0.2) is 11.8 Å². The van der Waals surface area contributed by atoms with Gasteiger partial charge in [0.2, 0.25) is 0 Å². The number of rotatable bonds is 9. The summed E-state index contributed by atoms with van der Waals surface area (Å²) in [7, 11) is 0. The molecule has 0 aromatic rings. The van der Waals surface area contributed by atoms with Gasteiger partial charge < -0.3 is 4.90 Å². The predicted octanol–water partition coefficient (Wildman–Crippen LogP) is 13.1. The minimum absolute atomic E-state index is 0.214. The molecule has 2 heterocycles. The van der Waals surface area contributed by atoms with E-state index in [0.29, 0.717) is 0 Å². The number of nitrogens with zero attached hydrogens (tertiary/aromatic N) is 2. The number of halogens is 1. The minimum Gasteiger partial charge on any atom is -0.371 e. The van der Waals surface area contributed by atoms with Crippen LogP contribution in [-0.4, -0.2) is 40.4 Å². The molecule has 0 aromatic heterocycles. The van der Waals surface area contributed by atoms with Crippen molar-refractivity contribution in [2.24, 2.45) is 58.2 Å². The van der Waals surface area contributed by atoms with Crippen molar-refractivity contribution in [3.8, 4) is 0 Å². The Labute approximate surface area is 319 Å². The Balaban J connectivity index is 1.19. The highest BCUT2D eigenvalue weighted by Crippen LogP contribution is 2.60. The van der Waals surface area contributed by atoms with Crippen LogP contribution in [0.25, 0.3) is 0 Å². The highest BCUT2D eigenvalue weighted by atomic mass is 35.5. The first kappa shape index (κ1) is 38.0. The summed E-state index contributed by atoms with van der Waals surface area (Å²) in [5.41, 5.74) is 6.38. The molecule has 2 aliphatic heterocycles. The van der Waals surface area contributed by atoms with Gasteiger partial charge in [0.05, 0.1) is 5.41 Å². The molecule has 0 aromatic carbocycles. The highest BCUT2D eigenvalue weighted by molar-refractivity contribution is 6.32. The van der Waals surface area contributed by atoms with Gasteiger partial charge in [-0.3, -0.25) is 0 Å². The van der Waals surface area contributed by atoms with E-state index in [0.717, 1.165) is 77.3 Å². The molecule has 0 N–H and O–H groups in total. The standard InChI is InChI=1S/C48H76ClN2/c1-32(2)28-30-50-40-24-20-34-14-9-11-18-38(34)44(40)47(5,6)42(50)26-22-36-16-13-17-37(46(36)49)23-27-43-48(7,8)45-39-19-12-10-15-35(39)21-25-41(45)51(43)31-29-33(3)4/h22-23,26-27,32-35,38-41,44-45H,9-21,24-25,28-31H2,1-8H3/q+1. The van der Waals surface area contributed by atoms with Gasteiger partial charge in [-0.15, -0.1) is 0 Å². The molecule has 3 heteroatoms. The molecule has 4 saturated carbocycles. The molecule has 5 fully saturated rings. The average molecular weight is 717 g/mol.